The normalized spacial score (nSPS) is 34.0. The van der Waals surface area contributed by atoms with Gasteiger partial charge in [0.05, 0.1) is 12.0 Å². The van der Waals surface area contributed by atoms with Gasteiger partial charge in [0, 0.05) is 6.42 Å². The highest BCUT2D eigenvalue weighted by atomic mass is 16.5. The SMILES string of the molecule is C=C1O[C@@H]2C[C@H](C(=O)O)C=C[C@H]2NC1=O. The Balaban J connectivity index is 2.15. The fraction of sp³-hybridized carbons (Fsp3) is 0.400. The molecule has 0 bridgehead atoms. The van der Waals surface area contributed by atoms with Gasteiger partial charge in [0.1, 0.15) is 6.10 Å². The minimum atomic E-state index is -0.879. The first-order valence-electron chi connectivity index (χ1n) is 4.65. The number of amides is 1. The standard InChI is InChI=1S/C10H11NO4/c1-5-9(12)11-7-3-2-6(10(13)14)4-8(7)15-5/h2-3,6-8H,1,4H2,(H,11,12)(H,13,14)/t6-,7-,8-/m1/s1. The summed E-state index contributed by atoms with van der Waals surface area (Å²) < 4.78 is 5.26. The molecule has 5 nitrogen and oxygen atoms in total. The van der Waals surface area contributed by atoms with E-state index in [0.717, 1.165) is 0 Å². The average molecular weight is 209 g/mol. The summed E-state index contributed by atoms with van der Waals surface area (Å²) in [7, 11) is 0. The van der Waals surface area contributed by atoms with Crippen LogP contribution in [0.15, 0.2) is 24.5 Å². The highest BCUT2D eigenvalue weighted by Gasteiger charge is 2.36. The van der Waals surface area contributed by atoms with Crippen molar-refractivity contribution in [2.75, 3.05) is 0 Å². The quantitative estimate of drug-likeness (QED) is 0.472. The van der Waals surface area contributed by atoms with E-state index in [9.17, 15) is 9.59 Å². The maximum atomic E-state index is 11.2. The number of nitrogens with one attached hydrogen (secondary N) is 1. The van der Waals surface area contributed by atoms with Crippen molar-refractivity contribution in [1.82, 2.24) is 5.32 Å². The molecule has 0 radical (unpaired) electrons. The lowest BCUT2D eigenvalue weighted by molar-refractivity contribution is -0.142. The van der Waals surface area contributed by atoms with Gasteiger partial charge >= 0.3 is 5.97 Å². The predicted molar refractivity (Wildman–Crippen MR) is 50.8 cm³/mol. The van der Waals surface area contributed by atoms with E-state index in [0.29, 0.717) is 6.42 Å². The molecule has 3 atom stereocenters. The van der Waals surface area contributed by atoms with Gasteiger partial charge in [-0.05, 0) is 0 Å². The lowest BCUT2D eigenvalue weighted by Crippen LogP contribution is -2.51. The lowest BCUT2D eigenvalue weighted by atomic mass is 9.89. The van der Waals surface area contributed by atoms with E-state index in [1.54, 1.807) is 12.2 Å². The summed E-state index contributed by atoms with van der Waals surface area (Å²) in [5, 5.41) is 11.5. The molecule has 2 aliphatic rings. The number of hydrogen-bond acceptors (Lipinski definition) is 3. The molecular weight excluding hydrogens is 198 g/mol. The van der Waals surface area contributed by atoms with Gasteiger partial charge in [-0.2, -0.15) is 0 Å². The van der Waals surface area contributed by atoms with Gasteiger partial charge in [-0.1, -0.05) is 18.7 Å². The van der Waals surface area contributed by atoms with E-state index in [2.05, 4.69) is 11.9 Å². The van der Waals surface area contributed by atoms with E-state index in [1.165, 1.54) is 0 Å². The van der Waals surface area contributed by atoms with Gasteiger partial charge in [0.15, 0.2) is 5.76 Å². The van der Waals surface area contributed by atoms with Crippen molar-refractivity contribution in [2.24, 2.45) is 5.92 Å². The third kappa shape index (κ3) is 1.72. The molecule has 0 spiro atoms. The summed E-state index contributed by atoms with van der Waals surface area (Å²) in [6, 6.07) is -0.237. The second-order valence-corrected chi connectivity index (χ2v) is 3.64. The molecule has 1 heterocycles. The Morgan fingerprint density at radius 1 is 1.60 bits per heavy atom. The highest BCUT2D eigenvalue weighted by molar-refractivity contribution is 5.92. The minimum absolute atomic E-state index is 0.0516. The largest absolute Gasteiger partial charge is 0.483 e. The first-order chi connectivity index (χ1) is 7.08. The van der Waals surface area contributed by atoms with Crippen molar-refractivity contribution in [3.8, 4) is 0 Å². The van der Waals surface area contributed by atoms with Crippen LogP contribution < -0.4 is 5.32 Å². The number of carbonyl (C=O) groups excluding carboxylic acids is 1. The Bertz CT molecular complexity index is 360. The molecule has 2 N–H and O–H groups in total. The van der Waals surface area contributed by atoms with Gasteiger partial charge in [0.25, 0.3) is 5.91 Å². The molecule has 1 fully saturated rings. The van der Waals surface area contributed by atoms with Crippen LogP contribution in [-0.4, -0.2) is 29.1 Å². The number of carbonyl (C=O) groups is 2. The summed E-state index contributed by atoms with van der Waals surface area (Å²) in [5.74, 6) is -1.71. The van der Waals surface area contributed by atoms with Crippen molar-refractivity contribution in [1.29, 1.82) is 0 Å². The average Bonchev–Trinajstić information content (AvgIpc) is 2.19. The Labute approximate surface area is 86.4 Å². The number of fused-ring (bicyclic) bond motifs is 1. The van der Waals surface area contributed by atoms with Crippen LogP contribution >= 0.6 is 0 Å². The Hall–Kier alpha value is -1.78. The number of hydrogen-bond donors (Lipinski definition) is 2. The second kappa shape index (κ2) is 3.42. The predicted octanol–water partition coefficient (Wildman–Crippen LogP) is 0.0444. The van der Waals surface area contributed by atoms with Gasteiger partial charge in [-0.25, -0.2) is 0 Å². The number of carboxylic acid groups (broad SMARTS) is 1. The van der Waals surface area contributed by atoms with E-state index in [1.807, 2.05) is 0 Å². The molecule has 0 unspecified atom stereocenters. The molecule has 0 aromatic heterocycles. The zero-order chi connectivity index (χ0) is 11.0. The number of carboxylic acids is 1. The third-order valence-corrected chi connectivity index (χ3v) is 2.60. The van der Waals surface area contributed by atoms with Crippen molar-refractivity contribution < 1.29 is 19.4 Å². The zero-order valence-electron chi connectivity index (χ0n) is 7.97. The number of morpholine rings is 1. The van der Waals surface area contributed by atoms with E-state index in [4.69, 9.17) is 9.84 Å². The molecule has 80 valence electrons. The van der Waals surface area contributed by atoms with E-state index < -0.39 is 11.9 Å². The molecule has 5 heteroatoms. The van der Waals surface area contributed by atoms with Crippen LogP contribution in [0.2, 0.25) is 0 Å². The number of ether oxygens (including phenoxy) is 1. The molecule has 0 aromatic rings. The van der Waals surface area contributed by atoms with Crippen LogP contribution in [0.25, 0.3) is 0 Å². The monoisotopic (exact) mass is 209 g/mol. The summed E-state index contributed by atoms with van der Waals surface area (Å²) in [6.07, 6.45) is 3.29. The first kappa shape index (κ1) is 9.76. The van der Waals surface area contributed by atoms with Crippen molar-refractivity contribution >= 4 is 11.9 Å². The molecular formula is C10H11NO4. The van der Waals surface area contributed by atoms with Crippen LogP contribution in [0.5, 0.6) is 0 Å². The van der Waals surface area contributed by atoms with E-state index >= 15 is 0 Å². The molecule has 0 aromatic carbocycles. The molecule has 1 aliphatic heterocycles. The Kier molecular flexibility index (Phi) is 2.22. The summed E-state index contributed by atoms with van der Waals surface area (Å²) in [5.41, 5.74) is 0. The summed E-state index contributed by atoms with van der Waals surface area (Å²) in [4.78, 5) is 21.9. The molecule has 1 aliphatic carbocycles. The van der Waals surface area contributed by atoms with Gasteiger partial charge in [-0.15, -0.1) is 0 Å². The molecule has 0 saturated carbocycles. The molecule has 2 rings (SSSR count). The van der Waals surface area contributed by atoms with Crippen molar-refractivity contribution in [3.63, 3.8) is 0 Å². The van der Waals surface area contributed by atoms with Crippen LogP contribution in [-0.2, 0) is 14.3 Å². The fourth-order valence-electron chi connectivity index (χ4n) is 1.77. The second-order valence-electron chi connectivity index (χ2n) is 3.64. The van der Waals surface area contributed by atoms with Crippen LogP contribution in [0.4, 0.5) is 0 Å². The highest BCUT2D eigenvalue weighted by Crippen LogP contribution is 2.25. The van der Waals surface area contributed by atoms with Crippen LogP contribution in [0.3, 0.4) is 0 Å². The maximum absolute atomic E-state index is 11.2. The summed E-state index contributed by atoms with van der Waals surface area (Å²) >= 11 is 0. The Morgan fingerprint density at radius 2 is 2.33 bits per heavy atom. The van der Waals surface area contributed by atoms with E-state index in [-0.39, 0.29) is 23.8 Å². The van der Waals surface area contributed by atoms with Gasteiger partial charge < -0.3 is 15.2 Å². The maximum Gasteiger partial charge on any atom is 0.310 e. The third-order valence-electron chi connectivity index (χ3n) is 2.60. The lowest BCUT2D eigenvalue weighted by Gasteiger charge is -2.35. The first-order valence-corrected chi connectivity index (χ1v) is 4.65. The zero-order valence-corrected chi connectivity index (χ0v) is 7.97. The van der Waals surface area contributed by atoms with Crippen molar-refractivity contribution in [3.05, 3.63) is 24.5 Å². The van der Waals surface area contributed by atoms with Gasteiger partial charge in [0.2, 0.25) is 0 Å². The van der Waals surface area contributed by atoms with Gasteiger partial charge in [-0.3, -0.25) is 9.59 Å². The smallest absolute Gasteiger partial charge is 0.310 e. The molecule has 1 saturated heterocycles. The number of rotatable bonds is 1. The summed E-state index contributed by atoms with van der Waals surface area (Å²) in [6.45, 7) is 3.45. The van der Waals surface area contributed by atoms with Crippen LogP contribution in [0.1, 0.15) is 6.42 Å². The van der Waals surface area contributed by atoms with Crippen molar-refractivity contribution in [2.45, 2.75) is 18.6 Å². The minimum Gasteiger partial charge on any atom is -0.483 e. The molecule has 15 heavy (non-hydrogen) atoms. The van der Waals surface area contributed by atoms with Crippen LogP contribution in [0, 0.1) is 5.92 Å². The fourth-order valence-corrected chi connectivity index (χ4v) is 1.77. The molecule has 1 amide bonds. The number of aliphatic carboxylic acids is 1. The Morgan fingerprint density at radius 3 is 3.00 bits per heavy atom. The topological polar surface area (TPSA) is 75.6 Å².